The van der Waals surface area contributed by atoms with Crippen LogP contribution < -0.4 is 10.1 Å². The molecule has 1 unspecified atom stereocenters. The van der Waals surface area contributed by atoms with E-state index in [1.807, 2.05) is 13.1 Å². The van der Waals surface area contributed by atoms with Crippen molar-refractivity contribution in [3.05, 3.63) is 64.7 Å². The maximum atomic E-state index is 5.30. The van der Waals surface area contributed by atoms with E-state index in [2.05, 4.69) is 55.6 Å². The smallest absolute Gasteiger partial charge is 0.119 e. The van der Waals surface area contributed by atoms with Crippen molar-refractivity contribution in [2.45, 2.75) is 32.7 Å². The lowest BCUT2D eigenvalue weighted by Crippen LogP contribution is -2.29. The van der Waals surface area contributed by atoms with Crippen LogP contribution in [0, 0.1) is 13.8 Å². The molecule has 0 aliphatic carbocycles. The molecular formula is C19H25NO. The molecule has 0 aliphatic heterocycles. The quantitative estimate of drug-likeness (QED) is 0.873. The zero-order chi connectivity index (χ0) is 15.2. The second-order valence-electron chi connectivity index (χ2n) is 5.66. The highest BCUT2D eigenvalue weighted by Crippen LogP contribution is 2.16. The minimum atomic E-state index is 0.430. The van der Waals surface area contributed by atoms with E-state index in [1.165, 1.54) is 22.3 Å². The number of methoxy groups -OCH3 is 1. The van der Waals surface area contributed by atoms with Crippen LogP contribution in [0.4, 0.5) is 0 Å². The molecule has 112 valence electrons. The summed E-state index contributed by atoms with van der Waals surface area (Å²) in [7, 11) is 3.75. The predicted octanol–water partition coefficient (Wildman–Crippen LogP) is 3.69. The summed E-state index contributed by atoms with van der Waals surface area (Å²) in [5.41, 5.74) is 5.41. The molecule has 0 bridgehead atoms. The lowest BCUT2D eigenvalue weighted by Gasteiger charge is -2.17. The Bertz CT molecular complexity index is 592. The van der Waals surface area contributed by atoms with Crippen LogP contribution in [0.15, 0.2) is 42.5 Å². The Balaban J connectivity index is 2.07. The third-order valence-electron chi connectivity index (χ3n) is 4.08. The fourth-order valence-corrected chi connectivity index (χ4v) is 2.58. The summed E-state index contributed by atoms with van der Waals surface area (Å²) in [4.78, 5) is 0. The molecule has 2 rings (SSSR count). The van der Waals surface area contributed by atoms with Gasteiger partial charge in [0.15, 0.2) is 0 Å². The van der Waals surface area contributed by atoms with Crippen LogP contribution in [0.25, 0.3) is 0 Å². The topological polar surface area (TPSA) is 21.3 Å². The Hall–Kier alpha value is -1.80. The van der Waals surface area contributed by atoms with E-state index in [0.29, 0.717) is 6.04 Å². The van der Waals surface area contributed by atoms with Crippen LogP contribution in [-0.2, 0) is 12.8 Å². The molecule has 0 heterocycles. The average molecular weight is 283 g/mol. The van der Waals surface area contributed by atoms with Gasteiger partial charge in [0.05, 0.1) is 7.11 Å². The van der Waals surface area contributed by atoms with Crippen molar-refractivity contribution in [1.29, 1.82) is 0 Å². The second kappa shape index (κ2) is 7.28. The molecule has 0 amide bonds. The Kier molecular flexibility index (Phi) is 5.40. The van der Waals surface area contributed by atoms with Gasteiger partial charge in [-0.25, -0.2) is 0 Å². The number of ether oxygens (including phenoxy) is 1. The summed E-state index contributed by atoms with van der Waals surface area (Å²) in [6.45, 7) is 4.33. The van der Waals surface area contributed by atoms with E-state index < -0.39 is 0 Å². The van der Waals surface area contributed by atoms with E-state index in [9.17, 15) is 0 Å². The first kappa shape index (κ1) is 15.6. The highest BCUT2D eigenvalue weighted by Gasteiger charge is 2.09. The van der Waals surface area contributed by atoms with E-state index >= 15 is 0 Å². The van der Waals surface area contributed by atoms with Crippen LogP contribution in [0.1, 0.15) is 22.3 Å². The fraction of sp³-hybridized carbons (Fsp3) is 0.368. The molecule has 0 aliphatic rings. The molecule has 2 aromatic rings. The third-order valence-corrected chi connectivity index (χ3v) is 4.08. The van der Waals surface area contributed by atoms with Gasteiger partial charge in [-0.05, 0) is 68.1 Å². The molecule has 2 aromatic carbocycles. The Morgan fingerprint density at radius 3 is 2.29 bits per heavy atom. The second-order valence-corrected chi connectivity index (χ2v) is 5.66. The summed E-state index contributed by atoms with van der Waals surface area (Å²) in [5, 5.41) is 3.43. The largest absolute Gasteiger partial charge is 0.497 e. The Labute approximate surface area is 128 Å². The standard InChI is InChI=1S/C19H25NO/c1-14-8-9-17(10-15(14)2)12-18(20-3)11-16-6-5-7-19(13-16)21-4/h5-10,13,18,20H,11-12H2,1-4H3. The minimum absolute atomic E-state index is 0.430. The molecule has 0 saturated carbocycles. The maximum absolute atomic E-state index is 5.30. The number of hydrogen-bond donors (Lipinski definition) is 1. The van der Waals surface area contributed by atoms with Crippen molar-refractivity contribution in [2.24, 2.45) is 0 Å². The SMILES string of the molecule is CNC(Cc1cccc(OC)c1)Cc1ccc(C)c(C)c1. The number of aryl methyl sites for hydroxylation is 2. The number of benzene rings is 2. The van der Waals surface area contributed by atoms with Crippen LogP contribution >= 0.6 is 0 Å². The van der Waals surface area contributed by atoms with Crippen LogP contribution in [-0.4, -0.2) is 20.2 Å². The molecule has 21 heavy (non-hydrogen) atoms. The van der Waals surface area contributed by atoms with Gasteiger partial charge in [0.25, 0.3) is 0 Å². The maximum Gasteiger partial charge on any atom is 0.119 e. The normalized spacial score (nSPS) is 12.2. The zero-order valence-electron chi connectivity index (χ0n) is 13.4. The molecule has 0 saturated heterocycles. The van der Waals surface area contributed by atoms with Gasteiger partial charge in [-0.15, -0.1) is 0 Å². The van der Waals surface area contributed by atoms with E-state index in [1.54, 1.807) is 7.11 Å². The van der Waals surface area contributed by atoms with Crippen molar-refractivity contribution in [2.75, 3.05) is 14.2 Å². The van der Waals surface area contributed by atoms with Crippen molar-refractivity contribution >= 4 is 0 Å². The van der Waals surface area contributed by atoms with E-state index in [0.717, 1.165) is 18.6 Å². The number of rotatable bonds is 6. The molecule has 0 spiro atoms. The summed E-state index contributed by atoms with van der Waals surface area (Å²) >= 11 is 0. The number of likely N-dealkylation sites (N-methyl/N-ethyl adjacent to an activating group) is 1. The lowest BCUT2D eigenvalue weighted by molar-refractivity contribution is 0.414. The summed E-state index contributed by atoms with van der Waals surface area (Å²) in [5.74, 6) is 0.925. The lowest BCUT2D eigenvalue weighted by atomic mass is 9.97. The van der Waals surface area contributed by atoms with Crippen molar-refractivity contribution in [1.82, 2.24) is 5.32 Å². The van der Waals surface area contributed by atoms with Gasteiger partial charge in [-0.3, -0.25) is 0 Å². The van der Waals surface area contributed by atoms with Crippen LogP contribution in [0.3, 0.4) is 0 Å². The van der Waals surface area contributed by atoms with Gasteiger partial charge in [-0.2, -0.15) is 0 Å². The molecule has 0 fully saturated rings. The van der Waals surface area contributed by atoms with Crippen molar-refractivity contribution in [3.8, 4) is 5.75 Å². The summed E-state index contributed by atoms with van der Waals surface area (Å²) in [6.07, 6.45) is 2.04. The molecule has 2 nitrogen and oxygen atoms in total. The predicted molar refractivity (Wildman–Crippen MR) is 89.2 cm³/mol. The van der Waals surface area contributed by atoms with Gasteiger partial charge in [-0.1, -0.05) is 30.3 Å². The first-order chi connectivity index (χ1) is 10.1. The first-order valence-corrected chi connectivity index (χ1v) is 7.48. The molecule has 0 aromatic heterocycles. The Morgan fingerprint density at radius 2 is 1.67 bits per heavy atom. The average Bonchev–Trinajstić information content (AvgIpc) is 2.50. The molecular weight excluding hydrogens is 258 g/mol. The van der Waals surface area contributed by atoms with Gasteiger partial charge in [0.2, 0.25) is 0 Å². The van der Waals surface area contributed by atoms with Crippen molar-refractivity contribution in [3.63, 3.8) is 0 Å². The molecule has 1 atom stereocenters. The summed E-state index contributed by atoms with van der Waals surface area (Å²) in [6, 6.07) is 15.5. The first-order valence-electron chi connectivity index (χ1n) is 7.48. The van der Waals surface area contributed by atoms with Crippen molar-refractivity contribution < 1.29 is 4.74 Å². The van der Waals surface area contributed by atoms with Crippen LogP contribution in [0.5, 0.6) is 5.75 Å². The number of nitrogens with one attached hydrogen (secondary N) is 1. The molecule has 2 heteroatoms. The highest BCUT2D eigenvalue weighted by atomic mass is 16.5. The minimum Gasteiger partial charge on any atom is -0.497 e. The van der Waals surface area contributed by atoms with Gasteiger partial charge in [0, 0.05) is 6.04 Å². The molecule has 0 radical (unpaired) electrons. The van der Waals surface area contributed by atoms with E-state index in [4.69, 9.17) is 4.74 Å². The van der Waals surface area contributed by atoms with Gasteiger partial charge < -0.3 is 10.1 Å². The number of hydrogen-bond acceptors (Lipinski definition) is 2. The fourth-order valence-electron chi connectivity index (χ4n) is 2.58. The zero-order valence-corrected chi connectivity index (χ0v) is 13.4. The summed E-state index contributed by atoms with van der Waals surface area (Å²) < 4.78 is 5.30. The van der Waals surface area contributed by atoms with Crippen LogP contribution in [0.2, 0.25) is 0 Å². The molecule has 1 N–H and O–H groups in total. The third kappa shape index (κ3) is 4.33. The Morgan fingerprint density at radius 1 is 0.952 bits per heavy atom. The van der Waals surface area contributed by atoms with E-state index in [-0.39, 0.29) is 0 Å². The highest BCUT2D eigenvalue weighted by molar-refractivity contribution is 5.32. The van der Waals surface area contributed by atoms with Gasteiger partial charge in [0.1, 0.15) is 5.75 Å². The van der Waals surface area contributed by atoms with Gasteiger partial charge >= 0.3 is 0 Å². The monoisotopic (exact) mass is 283 g/mol.